The Morgan fingerprint density at radius 3 is 3.05 bits per heavy atom. The van der Waals surface area contributed by atoms with Gasteiger partial charge in [-0.2, -0.15) is 0 Å². The summed E-state index contributed by atoms with van der Waals surface area (Å²) in [4.78, 5) is 6.85. The number of hydrogen-bond acceptors (Lipinski definition) is 5. The minimum Gasteiger partial charge on any atom is -0.409 e. The zero-order valence-corrected chi connectivity index (χ0v) is 11.9. The van der Waals surface area contributed by atoms with Crippen molar-refractivity contribution >= 4 is 22.6 Å². The molecule has 3 rings (SSSR count). The van der Waals surface area contributed by atoms with Crippen LogP contribution in [0.15, 0.2) is 35.5 Å². The van der Waals surface area contributed by atoms with Crippen LogP contribution in [0.1, 0.15) is 12.5 Å². The summed E-state index contributed by atoms with van der Waals surface area (Å²) in [6.45, 7) is 4.28. The first-order valence-electron chi connectivity index (χ1n) is 6.93. The molecule has 1 fully saturated rings. The number of pyridine rings is 1. The Balaban J connectivity index is 2.11. The van der Waals surface area contributed by atoms with Crippen LogP contribution in [0.25, 0.3) is 10.9 Å². The Morgan fingerprint density at radius 2 is 2.29 bits per heavy atom. The number of nitrogens with zero attached hydrogens (tertiary/aromatic N) is 3. The van der Waals surface area contributed by atoms with Crippen LogP contribution < -0.4 is 10.6 Å². The molecule has 0 bridgehead atoms. The summed E-state index contributed by atoms with van der Waals surface area (Å²) in [5.41, 5.74) is 7.34. The normalized spacial score (nSPS) is 20.0. The van der Waals surface area contributed by atoms with Crippen LogP contribution in [0.3, 0.4) is 0 Å². The molecule has 2 heterocycles. The number of hydrogen-bond donors (Lipinski definition) is 2. The molecule has 1 atom stereocenters. The Morgan fingerprint density at radius 1 is 1.48 bits per heavy atom. The molecular weight excluding hydrogens is 268 g/mol. The molecule has 6 heteroatoms. The van der Waals surface area contributed by atoms with Crippen LogP contribution in [0, 0.1) is 0 Å². The first-order valence-corrected chi connectivity index (χ1v) is 6.93. The van der Waals surface area contributed by atoms with Gasteiger partial charge in [0.1, 0.15) is 5.82 Å². The second kappa shape index (κ2) is 5.57. The Labute approximate surface area is 122 Å². The number of nitrogens with two attached hydrogens (primary N) is 1. The van der Waals surface area contributed by atoms with Crippen LogP contribution in [-0.2, 0) is 4.74 Å². The molecule has 3 N–H and O–H groups in total. The molecule has 1 aromatic heterocycles. The molecule has 6 nitrogen and oxygen atoms in total. The van der Waals surface area contributed by atoms with E-state index in [1.54, 1.807) is 0 Å². The molecule has 21 heavy (non-hydrogen) atoms. The molecule has 1 aliphatic rings. The first-order chi connectivity index (χ1) is 10.2. The zero-order chi connectivity index (χ0) is 14.8. The van der Waals surface area contributed by atoms with Gasteiger partial charge in [-0.3, -0.25) is 0 Å². The summed E-state index contributed by atoms with van der Waals surface area (Å²) >= 11 is 0. The third-order valence-electron chi connectivity index (χ3n) is 3.65. The van der Waals surface area contributed by atoms with Crippen LogP contribution in [0.5, 0.6) is 0 Å². The maximum absolute atomic E-state index is 9.00. The van der Waals surface area contributed by atoms with Gasteiger partial charge in [0.05, 0.1) is 18.2 Å². The van der Waals surface area contributed by atoms with Crippen molar-refractivity contribution in [3.05, 3.63) is 35.9 Å². The number of anilines is 1. The van der Waals surface area contributed by atoms with E-state index in [9.17, 15) is 0 Å². The second-order valence-corrected chi connectivity index (χ2v) is 5.16. The van der Waals surface area contributed by atoms with E-state index in [0.717, 1.165) is 29.8 Å². The van der Waals surface area contributed by atoms with Crippen LogP contribution in [0.2, 0.25) is 0 Å². The average molecular weight is 286 g/mol. The van der Waals surface area contributed by atoms with Gasteiger partial charge in [0.25, 0.3) is 0 Å². The largest absolute Gasteiger partial charge is 0.409 e. The summed E-state index contributed by atoms with van der Waals surface area (Å²) in [5.74, 6) is 0.918. The molecule has 1 aromatic carbocycles. The van der Waals surface area contributed by atoms with Crippen molar-refractivity contribution in [2.75, 3.05) is 24.6 Å². The van der Waals surface area contributed by atoms with Gasteiger partial charge in [0.15, 0.2) is 5.84 Å². The van der Waals surface area contributed by atoms with Crippen molar-refractivity contribution in [2.24, 2.45) is 10.9 Å². The van der Waals surface area contributed by atoms with E-state index in [-0.39, 0.29) is 11.9 Å². The molecule has 1 aliphatic heterocycles. The predicted octanol–water partition coefficient (Wildman–Crippen LogP) is 1.55. The lowest BCUT2D eigenvalue weighted by Crippen LogP contribution is -2.41. The van der Waals surface area contributed by atoms with Gasteiger partial charge in [-0.15, -0.1) is 0 Å². The number of para-hydroxylation sites is 1. The van der Waals surface area contributed by atoms with E-state index in [1.807, 2.05) is 37.3 Å². The maximum Gasteiger partial charge on any atom is 0.170 e. The van der Waals surface area contributed by atoms with E-state index in [4.69, 9.17) is 15.7 Å². The molecule has 2 aromatic rings. The third-order valence-corrected chi connectivity index (χ3v) is 3.65. The quantitative estimate of drug-likeness (QED) is 0.379. The third kappa shape index (κ3) is 2.62. The van der Waals surface area contributed by atoms with E-state index in [2.05, 4.69) is 15.0 Å². The molecule has 0 spiro atoms. The summed E-state index contributed by atoms with van der Waals surface area (Å²) in [6, 6.07) is 9.56. The monoisotopic (exact) mass is 286 g/mol. The fourth-order valence-electron chi connectivity index (χ4n) is 2.62. The number of amidine groups is 1. The Bertz CT molecular complexity index is 686. The first kappa shape index (κ1) is 13.6. The maximum atomic E-state index is 9.00. The predicted molar refractivity (Wildman–Crippen MR) is 81.9 cm³/mol. The van der Waals surface area contributed by atoms with Crippen molar-refractivity contribution < 1.29 is 9.94 Å². The molecule has 0 amide bonds. The smallest absolute Gasteiger partial charge is 0.170 e. The topological polar surface area (TPSA) is 84.0 Å². The summed E-state index contributed by atoms with van der Waals surface area (Å²) in [7, 11) is 0. The fourth-order valence-corrected chi connectivity index (χ4v) is 2.62. The molecule has 1 unspecified atom stereocenters. The number of morpholine rings is 1. The van der Waals surface area contributed by atoms with Crippen LogP contribution in [-0.4, -0.2) is 41.8 Å². The molecule has 0 saturated carbocycles. The van der Waals surface area contributed by atoms with E-state index in [0.29, 0.717) is 12.2 Å². The number of benzene rings is 1. The van der Waals surface area contributed by atoms with Crippen molar-refractivity contribution in [2.45, 2.75) is 13.0 Å². The standard InChI is InChI=1S/C15H18N4O2/c1-10-9-19(6-7-21-10)14-8-12(15(16)18-20)11-4-2-3-5-13(11)17-14/h2-5,8,10,20H,6-7,9H2,1H3,(H2,16,18). The number of ether oxygens (including phenoxy) is 1. The molecule has 110 valence electrons. The molecular formula is C15H18N4O2. The number of rotatable bonds is 2. The summed E-state index contributed by atoms with van der Waals surface area (Å²) in [5, 5.41) is 13.0. The number of aromatic nitrogens is 1. The van der Waals surface area contributed by atoms with Crippen molar-refractivity contribution in [3.8, 4) is 0 Å². The van der Waals surface area contributed by atoms with Gasteiger partial charge in [-0.1, -0.05) is 23.4 Å². The molecule has 1 saturated heterocycles. The van der Waals surface area contributed by atoms with Gasteiger partial charge in [0, 0.05) is 24.0 Å². The fraction of sp³-hybridized carbons (Fsp3) is 0.333. The zero-order valence-electron chi connectivity index (χ0n) is 11.9. The number of oxime groups is 1. The average Bonchev–Trinajstić information content (AvgIpc) is 2.53. The SMILES string of the molecule is CC1CN(c2cc(C(N)=NO)c3ccccc3n2)CCO1. The van der Waals surface area contributed by atoms with E-state index < -0.39 is 0 Å². The minimum atomic E-state index is 0.0937. The molecule has 0 aliphatic carbocycles. The summed E-state index contributed by atoms with van der Waals surface area (Å²) < 4.78 is 5.56. The van der Waals surface area contributed by atoms with Gasteiger partial charge < -0.3 is 20.6 Å². The highest BCUT2D eigenvalue weighted by molar-refractivity contribution is 6.08. The summed E-state index contributed by atoms with van der Waals surface area (Å²) in [6.07, 6.45) is 0.166. The van der Waals surface area contributed by atoms with Crippen LogP contribution in [0.4, 0.5) is 5.82 Å². The van der Waals surface area contributed by atoms with Crippen molar-refractivity contribution in [1.29, 1.82) is 0 Å². The highest BCUT2D eigenvalue weighted by Crippen LogP contribution is 2.24. The van der Waals surface area contributed by atoms with E-state index in [1.165, 1.54) is 0 Å². The Kier molecular flexibility index (Phi) is 3.62. The van der Waals surface area contributed by atoms with Gasteiger partial charge in [0.2, 0.25) is 0 Å². The van der Waals surface area contributed by atoms with Crippen molar-refractivity contribution in [3.63, 3.8) is 0 Å². The van der Waals surface area contributed by atoms with Gasteiger partial charge >= 0.3 is 0 Å². The second-order valence-electron chi connectivity index (χ2n) is 5.16. The van der Waals surface area contributed by atoms with Gasteiger partial charge in [-0.05, 0) is 19.1 Å². The lowest BCUT2D eigenvalue weighted by atomic mass is 10.1. The highest BCUT2D eigenvalue weighted by Gasteiger charge is 2.20. The lowest BCUT2D eigenvalue weighted by Gasteiger charge is -2.32. The Hall–Kier alpha value is -2.34. The lowest BCUT2D eigenvalue weighted by molar-refractivity contribution is 0.0529. The number of fused-ring (bicyclic) bond motifs is 1. The highest BCUT2D eigenvalue weighted by atomic mass is 16.5. The van der Waals surface area contributed by atoms with Crippen LogP contribution >= 0.6 is 0 Å². The minimum absolute atomic E-state index is 0.0937. The molecule has 0 radical (unpaired) electrons. The van der Waals surface area contributed by atoms with E-state index >= 15 is 0 Å². The van der Waals surface area contributed by atoms with Crippen molar-refractivity contribution in [1.82, 2.24) is 4.98 Å². The van der Waals surface area contributed by atoms with Gasteiger partial charge in [-0.25, -0.2) is 4.98 Å².